The van der Waals surface area contributed by atoms with Gasteiger partial charge in [-0.3, -0.25) is 18.2 Å². The van der Waals surface area contributed by atoms with Crippen LogP contribution in [0.1, 0.15) is 82.2 Å². The Bertz CT molecular complexity index is 3130. The summed E-state index contributed by atoms with van der Waals surface area (Å²) < 4.78 is 72.4. The van der Waals surface area contributed by atoms with E-state index in [1.165, 1.54) is 48.4 Å². The van der Waals surface area contributed by atoms with Crippen molar-refractivity contribution in [1.29, 1.82) is 0 Å². The lowest BCUT2D eigenvalue weighted by atomic mass is 10.0. The van der Waals surface area contributed by atoms with Crippen molar-refractivity contribution in [1.82, 2.24) is 19.8 Å². The highest BCUT2D eigenvalue weighted by atomic mass is 32.2. The number of benzene rings is 5. The standard InChI is InChI=1S/C21H26N2O5S.C21H26N2O4S.C16H21N5/c1-27-17-11-12-20(28-2)19(15-17)23(16-21(24)22-13-7-4-8-14-22)29(25,26)18-9-5-3-6-10-18;1-2-27-20-14-8-7-13-19(20)23(17-21(24)22-15-9-4-10-16-22)28(25,26)18-11-5-3-6-12-18;1-10(2)13-5-7-14(8-6-13)20-15(17)21-16-18-11(3)9-12(4)19-16/h3,5-6,9-12,15H,4,7-8,13-14,16H2,1-2H3;3,5-8,11-14H,2,4,9-10,15-17H2,1H3;5-10H,1-4H3,(H3,17,18,19,20,21). The highest BCUT2D eigenvalue weighted by molar-refractivity contribution is 7.93. The average Bonchev–Trinajstić information content (AvgIpc) is 3.54. The Morgan fingerprint density at radius 3 is 1.59 bits per heavy atom. The number of nitrogens with two attached hydrogens (primary N) is 1. The van der Waals surface area contributed by atoms with Gasteiger partial charge in [-0.15, -0.1) is 0 Å². The molecule has 0 unspecified atom stereocenters. The predicted molar refractivity (Wildman–Crippen MR) is 307 cm³/mol. The summed E-state index contributed by atoms with van der Waals surface area (Å²) in [5.74, 6) is 1.99. The zero-order valence-electron chi connectivity index (χ0n) is 45.7. The maximum atomic E-state index is 13.5. The Morgan fingerprint density at radius 2 is 1.12 bits per heavy atom. The van der Waals surface area contributed by atoms with E-state index in [4.69, 9.17) is 19.9 Å². The van der Waals surface area contributed by atoms with Crippen LogP contribution in [-0.4, -0.2) is 114 Å². The number of likely N-dealkylation sites (tertiary alicyclic amines) is 2. The second-order valence-electron chi connectivity index (χ2n) is 18.8. The minimum atomic E-state index is -4.00. The molecular formula is C58H73N9O9S2. The fourth-order valence-corrected chi connectivity index (χ4v) is 11.6. The number of carbonyl (C=O) groups excluding carboxylic acids is 2. The Morgan fingerprint density at radius 1 is 0.628 bits per heavy atom. The lowest BCUT2D eigenvalue weighted by molar-refractivity contribution is -0.131. The van der Waals surface area contributed by atoms with Gasteiger partial charge in [0.25, 0.3) is 26.0 Å². The second-order valence-corrected chi connectivity index (χ2v) is 22.5. The lowest BCUT2D eigenvalue weighted by Crippen LogP contribution is -2.45. The molecule has 6 aromatic rings. The van der Waals surface area contributed by atoms with Gasteiger partial charge in [-0.1, -0.05) is 74.5 Å². The maximum Gasteiger partial charge on any atom is 0.264 e. The number of aliphatic imine (C=N–C) groups is 1. The number of hydrogen-bond acceptors (Lipinski definition) is 12. The number of methoxy groups -OCH3 is 2. The highest BCUT2D eigenvalue weighted by Crippen LogP contribution is 2.36. The zero-order valence-corrected chi connectivity index (χ0v) is 47.3. The van der Waals surface area contributed by atoms with Gasteiger partial charge in [0.1, 0.15) is 30.3 Å². The fraction of sp³-hybridized carbons (Fsp3) is 0.362. The maximum absolute atomic E-state index is 13.5. The molecule has 3 N–H and O–H groups in total. The number of nitrogens with one attached hydrogen (secondary N) is 1. The monoisotopic (exact) mass is 1100 g/mol. The van der Waals surface area contributed by atoms with Gasteiger partial charge in [0, 0.05) is 49.3 Å². The van der Waals surface area contributed by atoms with E-state index < -0.39 is 20.0 Å². The summed E-state index contributed by atoms with van der Waals surface area (Å²) >= 11 is 0. The van der Waals surface area contributed by atoms with Crippen LogP contribution in [0, 0.1) is 13.8 Å². The van der Waals surface area contributed by atoms with Gasteiger partial charge in [0.15, 0.2) is 0 Å². The van der Waals surface area contributed by atoms with Gasteiger partial charge >= 0.3 is 0 Å². The number of rotatable bonds is 17. The molecule has 0 spiro atoms. The number of aromatic nitrogens is 2. The van der Waals surface area contributed by atoms with E-state index in [1.54, 1.807) is 88.7 Å². The first-order valence-electron chi connectivity index (χ1n) is 26.1. The number of nitrogens with zero attached hydrogens (tertiary/aromatic N) is 7. The molecule has 5 aromatic carbocycles. The molecule has 2 aliphatic rings. The van der Waals surface area contributed by atoms with Gasteiger partial charge < -0.3 is 35.1 Å². The van der Waals surface area contributed by atoms with Crippen LogP contribution in [0.15, 0.2) is 148 Å². The summed E-state index contributed by atoms with van der Waals surface area (Å²) in [5, 5.41) is 3.04. The molecule has 416 valence electrons. The molecule has 0 aliphatic carbocycles. The van der Waals surface area contributed by atoms with E-state index >= 15 is 0 Å². The Kier molecular flexibility index (Phi) is 21.8. The third-order valence-electron chi connectivity index (χ3n) is 12.8. The van der Waals surface area contributed by atoms with E-state index in [1.807, 2.05) is 39.0 Å². The molecule has 2 aliphatic heterocycles. The molecule has 2 amide bonds. The Hall–Kier alpha value is -7.71. The molecule has 0 bridgehead atoms. The SMILES string of the molecule is CCOc1ccccc1N(CC(=O)N1CCCCC1)S(=O)(=O)c1ccccc1.COc1ccc(OC)c(N(CC(=O)N2CCCCC2)S(=O)(=O)c2ccccc2)c1.Cc1cc(C)nc(/N=C(/N)Nc2ccc(C(C)C)cc2)n1. The number of anilines is 3. The molecule has 2 saturated heterocycles. The lowest BCUT2D eigenvalue weighted by Gasteiger charge is -2.31. The molecule has 78 heavy (non-hydrogen) atoms. The van der Waals surface area contributed by atoms with Gasteiger partial charge in [-0.25, -0.2) is 26.8 Å². The number of aryl methyl sites for hydroxylation is 2. The second kappa shape index (κ2) is 28.6. The molecule has 8 rings (SSSR count). The topological polar surface area (TPSA) is 219 Å². The highest BCUT2D eigenvalue weighted by Gasteiger charge is 2.33. The minimum absolute atomic E-state index is 0.108. The summed E-state index contributed by atoms with van der Waals surface area (Å²) in [6.07, 6.45) is 5.95. The van der Waals surface area contributed by atoms with E-state index in [-0.39, 0.29) is 46.3 Å². The average molecular weight is 1100 g/mol. The van der Waals surface area contributed by atoms with Gasteiger partial charge in [0.2, 0.25) is 17.8 Å². The third-order valence-corrected chi connectivity index (χ3v) is 16.3. The summed E-state index contributed by atoms with van der Waals surface area (Å²) in [4.78, 5) is 42.3. The van der Waals surface area contributed by atoms with Gasteiger partial charge in [-0.2, -0.15) is 4.99 Å². The largest absolute Gasteiger partial charge is 0.497 e. The first-order chi connectivity index (χ1) is 37.4. The van der Waals surface area contributed by atoms with Crippen LogP contribution in [0.3, 0.4) is 0 Å². The number of piperidine rings is 2. The predicted octanol–water partition coefficient (Wildman–Crippen LogP) is 9.48. The van der Waals surface area contributed by atoms with Crippen molar-refractivity contribution in [3.63, 3.8) is 0 Å². The van der Waals surface area contributed by atoms with Crippen molar-refractivity contribution >= 4 is 60.8 Å². The van der Waals surface area contributed by atoms with Crippen LogP contribution in [0.4, 0.5) is 23.0 Å². The van der Waals surface area contributed by atoms with Crippen LogP contribution >= 0.6 is 0 Å². The van der Waals surface area contributed by atoms with E-state index in [9.17, 15) is 26.4 Å². The quantitative estimate of drug-likeness (QED) is 0.0643. The van der Waals surface area contributed by atoms with Crippen molar-refractivity contribution in [2.75, 3.05) is 74.0 Å². The zero-order chi connectivity index (χ0) is 56.2. The molecule has 2 fully saturated rings. The van der Waals surface area contributed by atoms with Crippen LogP contribution in [0.5, 0.6) is 17.2 Å². The normalized spacial score (nSPS) is 13.7. The summed E-state index contributed by atoms with van der Waals surface area (Å²) in [6.45, 7) is 12.5. The molecule has 20 heteroatoms. The fourth-order valence-electron chi connectivity index (χ4n) is 8.70. The van der Waals surface area contributed by atoms with Crippen molar-refractivity contribution in [2.45, 2.75) is 88.9 Å². The number of guanidine groups is 1. The van der Waals surface area contributed by atoms with Crippen molar-refractivity contribution in [3.8, 4) is 17.2 Å². The van der Waals surface area contributed by atoms with Crippen molar-refractivity contribution in [2.24, 2.45) is 10.7 Å². The molecular weight excluding hydrogens is 1030 g/mol. The molecule has 3 heterocycles. The molecule has 18 nitrogen and oxygen atoms in total. The number of amides is 2. The third kappa shape index (κ3) is 16.4. The van der Waals surface area contributed by atoms with Gasteiger partial charge in [0.05, 0.1) is 42.0 Å². The van der Waals surface area contributed by atoms with Crippen LogP contribution < -0.4 is 33.9 Å². The molecule has 1 aromatic heterocycles. The molecule has 0 saturated carbocycles. The molecule has 0 atom stereocenters. The Labute approximate surface area is 460 Å². The molecule has 0 radical (unpaired) electrons. The smallest absolute Gasteiger partial charge is 0.264 e. The Balaban J connectivity index is 0.000000192. The van der Waals surface area contributed by atoms with E-state index in [0.29, 0.717) is 67.6 Å². The van der Waals surface area contributed by atoms with Crippen LogP contribution in [0.2, 0.25) is 0 Å². The summed E-state index contributed by atoms with van der Waals surface area (Å²) in [7, 11) is -4.95. The van der Waals surface area contributed by atoms with E-state index in [0.717, 1.165) is 59.9 Å². The van der Waals surface area contributed by atoms with Crippen molar-refractivity contribution < 1.29 is 40.6 Å². The number of carbonyl (C=O) groups is 2. The number of para-hydroxylation sites is 2. The van der Waals surface area contributed by atoms with Crippen LogP contribution in [-0.2, 0) is 29.6 Å². The van der Waals surface area contributed by atoms with Crippen LogP contribution in [0.25, 0.3) is 0 Å². The van der Waals surface area contributed by atoms with Gasteiger partial charge in [-0.05, 0) is 138 Å². The number of ether oxygens (including phenoxy) is 3. The number of sulfonamides is 2. The summed E-state index contributed by atoms with van der Waals surface area (Å²) in [5.41, 5.74) is 10.5. The first-order valence-corrected chi connectivity index (χ1v) is 29.0. The van der Waals surface area contributed by atoms with Crippen molar-refractivity contribution in [3.05, 3.63) is 150 Å². The van der Waals surface area contributed by atoms with E-state index in [2.05, 4.69) is 46.3 Å². The number of hydrogen-bond donors (Lipinski definition) is 2. The summed E-state index contributed by atoms with van der Waals surface area (Å²) in [6, 6.07) is 38.1. The minimum Gasteiger partial charge on any atom is -0.497 e. The first kappa shape index (κ1) is 59.5.